The van der Waals surface area contributed by atoms with Gasteiger partial charge in [0.2, 0.25) is 0 Å². The SMILES string of the molecule is COc1ccc(C(Cl)C(=O)OC(C)(C)C)cc1OC. The number of ether oxygens (including phenoxy) is 3. The molecule has 0 aliphatic heterocycles. The molecule has 0 aromatic heterocycles. The topological polar surface area (TPSA) is 44.8 Å². The van der Waals surface area contributed by atoms with E-state index >= 15 is 0 Å². The average molecular weight is 287 g/mol. The van der Waals surface area contributed by atoms with Crippen LogP contribution < -0.4 is 9.47 Å². The molecule has 0 heterocycles. The quantitative estimate of drug-likeness (QED) is 0.629. The van der Waals surface area contributed by atoms with Crippen molar-refractivity contribution in [3.63, 3.8) is 0 Å². The standard InChI is InChI=1S/C14H19ClO4/c1-14(2,3)19-13(16)12(15)9-6-7-10(17-4)11(8-9)18-5/h6-8,12H,1-5H3. The minimum absolute atomic E-state index is 0.485. The first-order valence-corrected chi connectivity index (χ1v) is 6.31. The molecular formula is C14H19ClO4. The largest absolute Gasteiger partial charge is 0.493 e. The van der Waals surface area contributed by atoms with Crippen LogP contribution in [0.25, 0.3) is 0 Å². The van der Waals surface area contributed by atoms with Crippen molar-refractivity contribution in [2.45, 2.75) is 31.7 Å². The second-order valence-electron chi connectivity index (χ2n) is 5.01. The number of carbonyl (C=O) groups excluding carboxylic acids is 1. The number of carbonyl (C=O) groups is 1. The number of alkyl halides is 1. The minimum atomic E-state index is -0.876. The molecule has 5 heteroatoms. The Morgan fingerprint density at radius 2 is 1.74 bits per heavy atom. The van der Waals surface area contributed by atoms with Crippen molar-refractivity contribution >= 4 is 17.6 Å². The molecular weight excluding hydrogens is 268 g/mol. The lowest BCUT2D eigenvalue weighted by atomic mass is 10.1. The predicted octanol–water partition coefficient (Wildman–Crippen LogP) is 3.33. The Bertz CT molecular complexity index is 451. The normalized spacial score (nSPS) is 12.7. The molecule has 0 amide bonds. The van der Waals surface area contributed by atoms with Crippen molar-refractivity contribution in [2.24, 2.45) is 0 Å². The summed E-state index contributed by atoms with van der Waals surface area (Å²) in [6.45, 7) is 5.38. The number of rotatable bonds is 4. The molecule has 1 aromatic carbocycles. The molecule has 1 rings (SSSR count). The molecule has 0 saturated heterocycles. The summed E-state index contributed by atoms with van der Waals surface area (Å²) >= 11 is 6.12. The maximum Gasteiger partial charge on any atom is 0.329 e. The average Bonchev–Trinajstić information content (AvgIpc) is 2.34. The molecule has 19 heavy (non-hydrogen) atoms. The van der Waals surface area contributed by atoms with Crippen molar-refractivity contribution < 1.29 is 19.0 Å². The first-order chi connectivity index (χ1) is 8.78. The Morgan fingerprint density at radius 3 is 2.21 bits per heavy atom. The Morgan fingerprint density at radius 1 is 1.16 bits per heavy atom. The van der Waals surface area contributed by atoms with Crippen LogP contribution in [0.5, 0.6) is 11.5 Å². The molecule has 106 valence electrons. The summed E-state index contributed by atoms with van der Waals surface area (Å²) in [4.78, 5) is 11.9. The Kier molecular flexibility index (Phi) is 5.06. The van der Waals surface area contributed by atoms with Crippen LogP contribution in [-0.2, 0) is 9.53 Å². The highest BCUT2D eigenvalue weighted by molar-refractivity contribution is 6.30. The molecule has 0 bridgehead atoms. The van der Waals surface area contributed by atoms with Gasteiger partial charge in [-0.25, -0.2) is 0 Å². The van der Waals surface area contributed by atoms with Gasteiger partial charge in [0.15, 0.2) is 16.9 Å². The summed E-state index contributed by atoms with van der Waals surface area (Å²) in [7, 11) is 3.07. The van der Waals surface area contributed by atoms with Crippen LogP contribution in [0.2, 0.25) is 0 Å². The van der Waals surface area contributed by atoms with E-state index in [0.29, 0.717) is 17.1 Å². The fourth-order valence-corrected chi connectivity index (χ4v) is 1.68. The van der Waals surface area contributed by atoms with Gasteiger partial charge in [-0.05, 0) is 38.5 Å². The van der Waals surface area contributed by atoms with Gasteiger partial charge in [-0.3, -0.25) is 4.79 Å². The fraction of sp³-hybridized carbons (Fsp3) is 0.500. The number of hydrogen-bond donors (Lipinski definition) is 0. The maximum atomic E-state index is 11.9. The molecule has 0 radical (unpaired) electrons. The van der Waals surface area contributed by atoms with Crippen LogP contribution in [0.1, 0.15) is 31.7 Å². The minimum Gasteiger partial charge on any atom is -0.493 e. The lowest BCUT2D eigenvalue weighted by Crippen LogP contribution is -2.26. The van der Waals surface area contributed by atoms with Gasteiger partial charge in [-0.15, -0.1) is 11.6 Å². The van der Waals surface area contributed by atoms with Gasteiger partial charge in [0.25, 0.3) is 0 Å². The maximum absolute atomic E-state index is 11.9. The number of hydrogen-bond acceptors (Lipinski definition) is 4. The second kappa shape index (κ2) is 6.15. The molecule has 0 spiro atoms. The molecule has 1 aromatic rings. The highest BCUT2D eigenvalue weighted by Crippen LogP contribution is 2.33. The van der Waals surface area contributed by atoms with Crippen molar-refractivity contribution in [2.75, 3.05) is 14.2 Å². The van der Waals surface area contributed by atoms with Crippen LogP contribution in [0.4, 0.5) is 0 Å². The number of methoxy groups -OCH3 is 2. The van der Waals surface area contributed by atoms with Crippen molar-refractivity contribution in [1.29, 1.82) is 0 Å². The van der Waals surface area contributed by atoms with Crippen molar-refractivity contribution in [3.05, 3.63) is 23.8 Å². The summed E-state index contributed by atoms with van der Waals surface area (Å²) in [5, 5.41) is -0.876. The summed E-state index contributed by atoms with van der Waals surface area (Å²) < 4.78 is 15.5. The van der Waals surface area contributed by atoms with E-state index in [1.54, 1.807) is 46.1 Å². The van der Waals surface area contributed by atoms with E-state index in [9.17, 15) is 4.79 Å². The smallest absolute Gasteiger partial charge is 0.329 e. The van der Waals surface area contributed by atoms with Crippen molar-refractivity contribution in [3.8, 4) is 11.5 Å². The second-order valence-corrected chi connectivity index (χ2v) is 5.45. The fourth-order valence-electron chi connectivity index (χ4n) is 1.50. The third kappa shape index (κ3) is 4.31. The Balaban J connectivity index is 2.94. The zero-order chi connectivity index (χ0) is 14.6. The first-order valence-electron chi connectivity index (χ1n) is 5.87. The Hall–Kier alpha value is -1.42. The van der Waals surface area contributed by atoms with E-state index in [1.807, 2.05) is 0 Å². The van der Waals surface area contributed by atoms with Gasteiger partial charge in [0, 0.05) is 0 Å². The lowest BCUT2D eigenvalue weighted by Gasteiger charge is -2.21. The van der Waals surface area contributed by atoms with E-state index < -0.39 is 16.9 Å². The molecule has 0 aliphatic rings. The number of halogens is 1. The van der Waals surface area contributed by atoms with Crippen LogP contribution in [0.3, 0.4) is 0 Å². The van der Waals surface area contributed by atoms with E-state index in [-0.39, 0.29) is 0 Å². The van der Waals surface area contributed by atoms with Crippen LogP contribution >= 0.6 is 11.6 Å². The third-order valence-electron chi connectivity index (χ3n) is 2.31. The summed E-state index contributed by atoms with van der Waals surface area (Å²) in [6.07, 6.45) is 0. The highest BCUT2D eigenvalue weighted by atomic mass is 35.5. The molecule has 0 saturated carbocycles. The molecule has 1 unspecified atom stereocenters. The van der Waals surface area contributed by atoms with Crippen LogP contribution in [0, 0.1) is 0 Å². The predicted molar refractivity (Wildman–Crippen MR) is 74.0 cm³/mol. The zero-order valence-electron chi connectivity index (χ0n) is 11.8. The molecule has 4 nitrogen and oxygen atoms in total. The zero-order valence-corrected chi connectivity index (χ0v) is 12.6. The monoisotopic (exact) mass is 286 g/mol. The molecule has 1 atom stereocenters. The Labute approximate surface area is 118 Å². The molecule has 0 N–H and O–H groups in total. The van der Waals surface area contributed by atoms with Gasteiger partial charge in [-0.1, -0.05) is 6.07 Å². The van der Waals surface area contributed by atoms with Gasteiger partial charge in [-0.2, -0.15) is 0 Å². The van der Waals surface area contributed by atoms with Gasteiger partial charge in [0.05, 0.1) is 14.2 Å². The molecule has 0 aliphatic carbocycles. The van der Waals surface area contributed by atoms with Crippen LogP contribution in [0.15, 0.2) is 18.2 Å². The van der Waals surface area contributed by atoms with Gasteiger partial charge < -0.3 is 14.2 Å². The first kappa shape index (κ1) is 15.6. The summed E-state index contributed by atoms with van der Waals surface area (Å²) in [5.74, 6) is 0.620. The third-order valence-corrected chi connectivity index (χ3v) is 2.74. The van der Waals surface area contributed by atoms with E-state index in [4.69, 9.17) is 25.8 Å². The molecule has 0 fully saturated rings. The lowest BCUT2D eigenvalue weighted by molar-refractivity contribution is -0.154. The van der Waals surface area contributed by atoms with Gasteiger partial charge >= 0.3 is 5.97 Å². The van der Waals surface area contributed by atoms with Crippen molar-refractivity contribution in [1.82, 2.24) is 0 Å². The number of esters is 1. The highest BCUT2D eigenvalue weighted by Gasteiger charge is 2.25. The van der Waals surface area contributed by atoms with E-state index in [0.717, 1.165) is 0 Å². The van der Waals surface area contributed by atoms with Gasteiger partial charge in [0.1, 0.15) is 5.60 Å². The summed E-state index contributed by atoms with van der Waals surface area (Å²) in [5.41, 5.74) is 0.0365. The van der Waals surface area contributed by atoms with E-state index in [2.05, 4.69) is 0 Å². The summed E-state index contributed by atoms with van der Waals surface area (Å²) in [6, 6.07) is 5.08. The van der Waals surface area contributed by atoms with E-state index in [1.165, 1.54) is 7.11 Å². The van der Waals surface area contributed by atoms with Crippen LogP contribution in [-0.4, -0.2) is 25.8 Å². The number of benzene rings is 1.